The van der Waals surface area contributed by atoms with Crippen molar-refractivity contribution in [2.75, 3.05) is 11.9 Å². The number of nitrogens with one attached hydrogen (secondary N) is 2. The van der Waals surface area contributed by atoms with Crippen LogP contribution >= 0.6 is 0 Å². The molecule has 0 atom stereocenters. The number of fused-ring (bicyclic) bond motifs is 1. The van der Waals surface area contributed by atoms with Gasteiger partial charge >= 0.3 is 6.03 Å². The van der Waals surface area contributed by atoms with Crippen molar-refractivity contribution in [3.8, 4) is 0 Å². The number of carbonyl (C=O) groups excluding carboxylic acids is 2. The highest BCUT2D eigenvalue weighted by Crippen LogP contribution is 2.29. The van der Waals surface area contributed by atoms with Crippen LogP contribution in [-0.2, 0) is 6.42 Å². The Bertz CT molecular complexity index is 592. The lowest BCUT2D eigenvalue weighted by atomic mass is 9.90. The summed E-state index contributed by atoms with van der Waals surface area (Å²) in [5, 5.41) is 15.2. The Balaban J connectivity index is 1.69. The zero-order chi connectivity index (χ0) is 15.6. The molecule has 0 unspecified atom stereocenters. The van der Waals surface area contributed by atoms with Gasteiger partial charge in [-0.3, -0.25) is 4.79 Å². The standard InChI is InChI=1S/C17H22N2O3/c20-11-17(8-1-2-9-17)19-16(22)18-13-7-6-12-4-3-5-15(21)14(12)10-13/h6-7,10,20H,1-5,8-9,11H2,(H2,18,19,22). The summed E-state index contributed by atoms with van der Waals surface area (Å²) in [5.74, 6) is 0.146. The third kappa shape index (κ3) is 2.99. The van der Waals surface area contributed by atoms with Gasteiger partial charge < -0.3 is 15.7 Å². The molecule has 0 radical (unpaired) electrons. The van der Waals surface area contributed by atoms with Crippen LogP contribution in [0.1, 0.15) is 54.4 Å². The van der Waals surface area contributed by atoms with E-state index in [1.807, 2.05) is 12.1 Å². The molecular weight excluding hydrogens is 280 g/mol. The number of urea groups is 1. The molecule has 118 valence electrons. The lowest BCUT2D eigenvalue weighted by Gasteiger charge is -2.28. The fraction of sp³-hybridized carbons (Fsp3) is 0.529. The number of hydrogen-bond donors (Lipinski definition) is 3. The molecule has 1 aromatic carbocycles. The van der Waals surface area contributed by atoms with Gasteiger partial charge in [-0.25, -0.2) is 4.79 Å². The van der Waals surface area contributed by atoms with Crippen LogP contribution in [-0.4, -0.2) is 29.1 Å². The van der Waals surface area contributed by atoms with Crippen molar-refractivity contribution in [1.82, 2.24) is 5.32 Å². The monoisotopic (exact) mass is 302 g/mol. The number of rotatable bonds is 3. The smallest absolute Gasteiger partial charge is 0.319 e. The summed E-state index contributed by atoms with van der Waals surface area (Å²) in [6, 6.07) is 5.19. The topological polar surface area (TPSA) is 78.4 Å². The predicted molar refractivity (Wildman–Crippen MR) is 84.1 cm³/mol. The number of benzene rings is 1. The van der Waals surface area contributed by atoms with Crippen molar-refractivity contribution in [3.63, 3.8) is 0 Å². The molecule has 0 bridgehead atoms. The van der Waals surface area contributed by atoms with Gasteiger partial charge in [0.25, 0.3) is 0 Å². The minimum absolute atomic E-state index is 0.0386. The van der Waals surface area contributed by atoms with Crippen molar-refractivity contribution in [2.45, 2.75) is 50.5 Å². The Morgan fingerprint density at radius 1 is 1.18 bits per heavy atom. The van der Waals surface area contributed by atoms with E-state index < -0.39 is 5.54 Å². The van der Waals surface area contributed by atoms with Crippen LogP contribution in [0.4, 0.5) is 10.5 Å². The molecule has 1 aromatic rings. The summed E-state index contributed by atoms with van der Waals surface area (Å²) in [6.07, 6.45) is 6.05. The molecule has 3 N–H and O–H groups in total. The number of aliphatic hydroxyl groups excluding tert-OH is 1. The molecule has 5 nitrogen and oxygen atoms in total. The van der Waals surface area contributed by atoms with E-state index in [4.69, 9.17) is 0 Å². The first-order valence-electron chi connectivity index (χ1n) is 7.98. The summed E-state index contributed by atoms with van der Waals surface area (Å²) in [5.41, 5.74) is 1.91. The highest BCUT2D eigenvalue weighted by molar-refractivity contribution is 6.00. The molecule has 0 aliphatic heterocycles. The average Bonchev–Trinajstić information content (AvgIpc) is 2.97. The number of carbonyl (C=O) groups is 2. The van der Waals surface area contributed by atoms with Crippen molar-refractivity contribution < 1.29 is 14.7 Å². The minimum atomic E-state index is -0.492. The summed E-state index contributed by atoms with van der Waals surface area (Å²) in [4.78, 5) is 24.1. The molecule has 22 heavy (non-hydrogen) atoms. The zero-order valence-electron chi connectivity index (χ0n) is 12.7. The molecule has 0 heterocycles. The Kier molecular flexibility index (Phi) is 4.16. The van der Waals surface area contributed by atoms with Gasteiger partial charge in [0.05, 0.1) is 12.1 Å². The first-order chi connectivity index (χ1) is 10.6. The Hall–Kier alpha value is -1.88. The quantitative estimate of drug-likeness (QED) is 0.803. The maximum absolute atomic E-state index is 12.2. The third-order valence-electron chi connectivity index (χ3n) is 4.76. The molecule has 0 spiro atoms. The van der Waals surface area contributed by atoms with Gasteiger partial charge in [0.1, 0.15) is 0 Å². The highest BCUT2D eigenvalue weighted by Gasteiger charge is 2.34. The Morgan fingerprint density at radius 2 is 1.95 bits per heavy atom. The molecule has 2 aliphatic rings. The lowest BCUT2D eigenvalue weighted by Crippen LogP contribution is -2.50. The van der Waals surface area contributed by atoms with Crippen molar-refractivity contribution >= 4 is 17.5 Å². The number of anilines is 1. The second-order valence-electron chi connectivity index (χ2n) is 6.37. The van der Waals surface area contributed by atoms with Gasteiger partial charge in [0, 0.05) is 17.7 Å². The van der Waals surface area contributed by atoms with E-state index in [1.54, 1.807) is 6.07 Å². The third-order valence-corrected chi connectivity index (χ3v) is 4.76. The van der Waals surface area contributed by atoms with Crippen molar-refractivity contribution in [2.24, 2.45) is 0 Å². The molecule has 0 saturated heterocycles. The zero-order valence-corrected chi connectivity index (χ0v) is 12.7. The van der Waals surface area contributed by atoms with Crippen LogP contribution in [0.2, 0.25) is 0 Å². The van der Waals surface area contributed by atoms with Gasteiger partial charge in [-0.05, 0) is 43.4 Å². The van der Waals surface area contributed by atoms with Crippen LogP contribution in [0.5, 0.6) is 0 Å². The fourth-order valence-electron chi connectivity index (χ4n) is 3.48. The van der Waals surface area contributed by atoms with Crippen LogP contribution in [0.15, 0.2) is 18.2 Å². The molecule has 0 aromatic heterocycles. The number of Topliss-reactive ketones (excluding diaryl/α,β-unsaturated/α-hetero) is 1. The van der Waals surface area contributed by atoms with E-state index in [-0.39, 0.29) is 18.4 Å². The number of aliphatic hydroxyl groups is 1. The molecule has 2 aliphatic carbocycles. The van der Waals surface area contributed by atoms with E-state index in [1.165, 1.54) is 0 Å². The first-order valence-corrected chi connectivity index (χ1v) is 7.98. The summed E-state index contributed by atoms with van der Waals surface area (Å²) >= 11 is 0. The van der Waals surface area contributed by atoms with Crippen molar-refractivity contribution in [1.29, 1.82) is 0 Å². The van der Waals surface area contributed by atoms with Gasteiger partial charge in [-0.2, -0.15) is 0 Å². The van der Waals surface area contributed by atoms with Crippen LogP contribution < -0.4 is 10.6 Å². The second-order valence-corrected chi connectivity index (χ2v) is 6.37. The fourth-order valence-corrected chi connectivity index (χ4v) is 3.48. The summed E-state index contributed by atoms with van der Waals surface area (Å²) in [6.45, 7) is -0.0386. The number of amides is 2. The largest absolute Gasteiger partial charge is 0.394 e. The maximum atomic E-state index is 12.2. The van der Waals surface area contributed by atoms with Crippen LogP contribution in [0, 0.1) is 0 Å². The van der Waals surface area contributed by atoms with Gasteiger partial charge in [0.15, 0.2) is 5.78 Å². The lowest BCUT2D eigenvalue weighted by molar-refractivity contribution is 0.0972. The normalized spacial score (nSPS) is 19.6. The molecule has 3 rings (SSSR count). The predicted octanol–water partition coefficient (Wildman–Crippen LogP) is 2.63. The first kappa shape index (κ1) is 15.0. The number of ketones is 1. The van der Waals surface area contributed by atoms with Gasteiger partial charge in [0.2, 0.25) is 0 Å². The number of hydrogen-bond acceptors (Lipinski definition) is 3. The highest BCUT2D eigenvalue weighted by atomic mass is 16.3. The molecule has 5 heteroatoms. The second kappa shape index (κ2) is 6.08. The van der Waals surface area contributed by atoms with Gasteiger partial charge in [-0.1, -0.05) is 18.9 Å². The maximum Gasteiger partial charge on any atom is 0.319 e. The molecule has 1 fully saturated rings. The van der Waals surface area contributed by atoms with E-state index in [9.17, 15) is 14.7 Å². The van der Waals surface area contributed by atoms with E-state index in [2.05, 4.69) is 10.6 Å². The molecule has 1 saturated carbocycles. The average molecular weight is 302 g/mol. The Morgan fingerprint density at radius 3 is 2.68 bits per heavy atom. The SMILES string of the molecule is O=C(Nc1ccc2c(c1)C(=O)CCC2)NC1(CO)CCCC1. The van der Waals surface area contributed by atoms with Crippen LogP contribution in [0.3, 0.4) is 0 Å². The molecule has 2 amide bonds. The van der Waals surface area contributed by atoms with Crippen molar-refractivity contribution in [3.05, 3.63) is 29.3 Å². The Labute approximate surface area is 130 Å². The summed E-state index contributed by atoms with van der Waals surface area (Å²) < 4.78 is 0. The van der Waals surface area contributed by atoms with E-state index in [0.717, 1.165) is 49.7 Å². The number of aryl methyl sites for hydroxylation is 1. The van der Waals surface area contributed by atoms with E-state index >= 15 is 0 Å². The minimum Gasteiger partial charge on any atom is -0.394 e. The molecular formula is C17H22N2O3. The summed E-state index contributed by atoms with van der Waals surface area (Å²) in [7, 11) is 0. The van der Waals surface area contributed by atoms with Crippen LogP contribution in [0.25, 0.3) is 0 Å². The van der Waals surface area contributed by atoms with E-state index in [0.29, 0.717) is 12.1 Å². The van der Waals surface area contributed by atoms with Gasteiger partial charge in [-0.15, -0.1) is 0 Å².